The molecule has 2 saturated carbocycles. The van der Waals surface area contributed by atoms with Gasteiger partial charge in [-0.1, -0.05) is 37.5 Å². The fraction of sp³-hybridized carbons (Fsp3) is 0.444. The Morgan fingerprint density at radius 2 is 1.78 bits per heavy atom. The summed E-state index contributed by atoms with van der Waals surface area (Å²) in [5.41, 5.74) is 12.8. The van der Waals surface area contributed by atoms with E-state index in [1.54, 1.807) is 30.3 Å². The van der Waals surface area contributed by atoms with Gasteiger partial charge in [0.05, 0.1) is 0 Å². The van der Waals surface area contributed by atoms with Gasteiger partial charge in [-0.2, -0.15) is 4.99 Å². The Hall–Kier alpha value is -3.24. The second-order valence-electron chi connectivity index (χ2n) is 10.1. The highest BCUT2D eigenvalue weighted by Gasteiger charge is 2.38. The average Bonchev–Trinajstić information content (AvgIpc) is 2.93. The van der Waals surface area contributed by atoms with Gasteiger partial charge in [0, 0.05) is 45.9 Å². The van der Waals surface area contributed by atoms with Crippen LogP contribution in [0.2, 0.25) is 0 Å². The molecular weight excluding hydrogens is 488 g/mol. The molecule has 0 radical (unpaired) electrons. The number of nitrogens with zero attached hydrogens (tertiary/aromatic N) is 3. The Bertz CT molecular complexity index is 1140. The summed E-state index contributed by atoms with van der Waals surface area (Å²) in [5, 5.41) is 6.22. The smallest absolute Gasteiger partial charge is 0.322 e. The molecule has 0 atom stereocenters. The van der Waals surface area contributed by atoms with Gasteiger partial charge in [-0.25, -0.2) is 4.79 Å². The van der Waals surface area contributed by atoms with E-state index >= 15 is 0 Å². The summed E-state index contributed by atoms with van der Waals surface area (Å²) in [6, 6.07) is 14.1. The number of nitrogens with two attached hydrogens (primary N) is 2. The van der Waals surface area contributed by atoms with Crippen LogP contribution in [0.25, 0.3) is 0 Å². The van der Waals surface area contributed by atoms with Crippen LogP contribution in [0.15, 0.2) is 63.5 Å². The number of carbonyl (C=O) groups excluding carboxylic acids is 2. The predicted molar refractivity (Wildman–Crippen MR) is 144 cm³/mol. The van der Waals surface area contributed by atoms with Gasteiger partial charge in [-0.05, 0) is 79.8 Å². The molecule has 0 heterocycles. The number of hydrogen-bond acceptors (Lipinski definition) is 4. The Morgan fingerprint density at radius 1 is 1.08 bits per heavy atom. The van der Waals surface area contributed by atoms with Crippen LogP contribution in [0.1, 0.15) is 73.7 Å². The minimum absolute atomic E-state index is 0.125. The minimum atomic E-state index is -0.528. The van der Waals surface area contributed by atoms with E-state index in [-0.39, 0.29) is 18.0 Å². The van der Waals surface area contributed by atoms with E-state index in [4.69, 9.17) is 11.3 Å². The molecule has 196 valence electrons. The van der Waals surface area contributed by atoms with Crippen LogP contribution in [0, 0.1) is 5.41 Å². The zero-order valence-corrected chi connectivity index (χ0v) is 21.8. The first-order valence-electron chi connectivity index (χ1n) is 12.8. The van der Waals surface area contributed by atoms with Crippen LogP contribution in [-0.4, -0.2) is 33.4 Å². The molecule has 1 spiro atoms. The van der Waals surface area contributed by atoms with Gasteiger partial charge in [0.1, 0.15) is 0 Å². The van der Waals surface area contributed by atoms with Crippen molar-refractivity contribution in [3.63, 3.8) is 0 Å². The summed E-state index contributed by atoms with van der Waals surface area (Å²) in [7, 11) is 0. The number of aliphatic imine (C=N–C) groups is 1. The van der Waals surface area contributed by atoms with Crippen molar-refractivity contribution in [1.82, 2.24) is 4.90 Å². The van der Waals surface area contributed by atoms with Crippen LogP contribution in [0.5, 0.6) is 0 Å². The van der Waals surface area contributed by atoms with Gasteiger partial charge in [0.25, 0.3) is 11.9 Å². The van der Waals surface area contributed by atoms with E-state index in [1.165, 1.54) is 32.1 Å². The lowest BCUT2D eigenvalue weighted by molar-refractivity contribution is -0.207. The van der Waals surface area contributed by atoms with E-state index in [1.807, 2.05) is 23.1 Å². The fourth-order valence-corrected chi connectivity index (χ4v) is 5.99. The third-order valence-corrected chi connectivity index (χ3v) is 8.19. The number of benzene rings is 2. The molecule has 6 N–H and O–H groups in total. The van der Waals surface area contributed by atoms with Gasteiger partial charge < -0.3 is 20.5 Å². The van der Waals surface area contributed by atoms with Crippen molar-refractivity contribution in [2.75, 3.05) is 5.32 Å². The largest absolute Gasteiger partial charge is 0.363 e. The van der Waals surface area contributed by atoms with E-state index in [2.05, 4.69) is 15.4 Å². The van der Waals surface area contributed by atoms with Crippen LogP contribution in [0.3, 0.4) is 0 Å². The molecule has 4 rings (SSSR count). The molecule has 0 saturated heterocycles. The Kier molecular flexibility index (Phi) is 8.94. The van der Waals surface area contributed by atoms with E-state index in [0.29, 0.717) is 40.1 Å². The number of rotatable bonds is 6. The van der Waals surface area contributed by atoms with Gasteiger partial charge in [-0.15, -0.1) is 5.53 Å². The molecule has 0 aliphatic heterocycles. The number of nitrogens with one attached hydrogen (secondary N) is 1. The van der Waals surface area contributed by atoms with Crippen molar-refractivity contribution in [3.05, 3.63) is 59.7 Å². The first kappa shape index (κ1) is 26.8. The normalized spacial score (nSPS) is 17.8. The highest BCUT2D eigenvalue weighted by atomic mass is 32.2. The lowest BCUT2D eigenvalue weighted by Crippen LogP contribution is -2.46. The van der Waals surface area contributed by atoms with Gasteiger partial charge in [0.15, 0.2) is 0 Å². The number of guanidine groups is 1. The monoisotopic (exact) mass is 523 g/mol. The zero-order chi connectivity index (χ0) is 26.3. The molecule has 2 aromatic carbocycles. The van der Waals surface area contributed by atoms with Gasteiger partial charge in [-0.3, -0.25) is 4.79 Å². The summed E-state index contributed by atoms with van der Waals surface area (Å²) in [6.07, 6.45) is 10.8. The zero-order valence-electron chi connectivity index (χ0n) is 20.9. The van der Waals surface area contributed by atoms with Crippen molar-refractivity contribution in [2.24, 2.45) is 21.3 Å². The first-order valence-corrected chi connectivity index (χ1v) is 13.6. The second kappa shape index (κ2) is 12.3. The van der Waals surface area contributed by atoms with E-state index < -0.39 is 5.91 Å². The molecule has 3 amide bonds. The third kappa shape index (κ3) is 6.95. The highest BCUT2D eigenvalue weighted by molar-refractivity contribution is 7.93. The second-order valence-corrected chi connectivity index (χ2v) is 10.7. The summed E-state index contributed by atoms with van der Waals surface area (Å²) in [6.45, 7) is 0.413. The van der Waals surface area contributed by atoms with Crippen molar-refractivity contribution >= 4 is 35.6 Å². The molecule has 10 heteroatoms. The summed E-state index contributed by atoms with van der Waals surface area (Å²) in [4.78, 5) is 32.0. The molecule has 37 heavy (non-hydrogen) atoms. The molecule has 2 aromatic rings. The molecule has 0 unspecified atom stereocenters. The van der Waals surface area contributed by atoms with E-state index in [0.717, 1.165) is 31.2 Å². The SMILES string of the molecule is NC(N=[NH2+])=NC(=O)c1ccc(CN(C(=O)Nc2cccc(SO)c2)C2CCC3(CCCCC3)CC2)cc1. The third-order valence-electron chi connectivity index (χ3n) is 7.72. The fourth-order valence-electron chi connectivity index (χ4n) is 5.67. The van der Waals surface area contributed by atoms with Crippen molar-refractivity contribution in [3.8, 4) is 0 Å². The number of amides is 3. The number of carbonyl (C=O) groups is 2. The van der Waals surface area contributed by atoms with Crippen molar-refractivity contribution in [2.45, 2.75) is 75.3 Å². The Morgan fingerprint density at radius 3 is 2.43 bits per heavy atom. The summed E-state index contributed by atoms with van der Waals surface area (Å²) in [5.74, 6) is -0.812. The van der Waals surface area contributed by atoms with Crippen molar-refractivity contribution in [1.29, 1.82) is 0 Å². The van der Waals surface area contributed by atoms with E-state index in [9.17, 15) is 14.1 Å². The Balaban J connectivity index is 1.50. The average molecular weight is 524 g/mol. The molecule has 2 aliphatic rings. The van der Waals surface area contributed by atoms with Crippen LogP contribution < -0.4 is 16.6 Å². The lowest BCUT2D eigenvalue weighted by atomic mass is 9.64. The Labute approximate surface area is 221 Å². The standard InChI is InChI=1S/C27H34N6O3S/c28-25(32-29)31-24(34)20-9-7-19(8-10-20)18-33(26(35)30-21-5-4-6-23(17-21)37-36)22-11-15-27(16-12-22)13-2-1-3-14-27/h4-10,17,22,29,36H,1-3,11-16,18H2,(H,30,35)(H2,28,31,34)/p+1. The number of hydrogen-bond donors (Lipinski definition) is 4. The van der Waals surface area contributed by atoms with Gasteiger partial charge >= 0.3 is 6.03 Å². The van der Waals surface area contributed by atoms with Crippen molar-refractivity contribution < 1.29 is 19.7 Å². The maximum atomic E-state index is 13.6. The molecule has 9 nitrogen and oxygen atoms in total. The molecular formula is C27H35N6O3S+. The molecule has 0 aromatic heterocycles. The lowest BCUT2D eigenvalue weighted by Gasteiger charge is -2.45. The predicted octanol–water partition coefficient (Wildman–Crippen LogP) is 4.85. The molecule has 0 bridgehead atoms. The molecule has 2 fully saturated rings. The minimum Gasteiger partial charge on any atom is -0.363 e. The topological polar surface area (TPSA) is 146 Å². The first-order chi connectivity index (χ1) is 17.9. The quantitative estimate of drug-likeness (QED) is 0.185. The summed E-state index contributed by atoms with van der Waals surface area (Å²) >= 11 is 0.648. The molecule has 2 aliphatic carbocycles. The van der Waals surface area contributed by atoms with Crippen LogP contribution >= 0.6 is 12.0 Å². The van der Waals surface area contributed by atoms with Gasteiger partial charge in [0.2, 0.25) is 0 Å². The maximum Gasteiger partial charge on any atom is 0.322 e. The van der Waals surface area contributed by atoms with Crippen LogP contribution in [-0.2, 0) is 6.54 Å². The number of anilines is 1. The highest BCUT2D eigenvalue weighted by Crippen LogP contribution is 2.48. The summed E-state index contributed by atoms with van der Waals surface area (Å²) < 4.78 is 9.39. The number of urea groups is 1. The maximum absolute atomic E-state index is 13.6. The van der Waals surface area contributed by atoms with Crippen LogP contribution in [0.4, 0.5) is 10.5 Å².